The van der Waals surface area contributed by atoms with Crippen LogP contribution < -0.4 is 5.73 Å². The van der Waals surface area contributed by atoms with E-state index in [0.29, 0.717) is 5.82 Å². The summed E-state index contributed by atoms with van der Waals surface area (Å²) in [5, 5.41) is 7.08. The van der Waals surface area contributed by atoms with Crippen LogP contribution in [0.25, 0.3) is 22.4 Å². The maximum Gasteiger partial charge on any atom is 0.153 e. The zero-order valence-electron chi connectivity index (χ0n) is 10.3. The van der Waals surface area contributed by atoms with Crippen molar-refractivity contribution < 1.29 is 4.42 Å². The Morgan fingerprint density at radius 2 is 2.11 bits per heavy atom. The molecule has 0 saturated carbocycles. The monoisotopic (exact) mass is 317 g/mol. The van der Waals surface area contributed by atoms with Gasteiger partial charge in [0.25, 0.3) is 0 Å². The molecule has 3 N–H and O–H groups in total. The van der Waals surface area contributed by atoms with Crippen molar-refractivity contribution in [1.82, 2.24) is 10.2 Å². The highest BCUT2D eigenvalue weighted by Crippen LogP contribution is 2.36. The average Bonchev–Trinajstić information content (AvgIpc) is 2.95. The van der Waals surface area contributed by atoms with E-state index in [9.17, 15) is 0 Å². The van der Waals surface area contributed by atoms with Crippen LogP contribution in [0.3, 0.4) is 0 Å². The van der Waals surface area contributed by atoms with Crippen molar-refractivity contribution in [2.45, 2.75) is 6.92 Å². The Balaban J connectivity index is 2.19. The number of aromatic amines is 1. The Hall–Kier alpha value is -2.01. The largest absolute Gasteiger partial charge is 0.469 e. The second-order valence-corrected chi connectivity index (χ2v) is 5.23. The maximum absolute atomic E-state index is 5.98. The number of aromatic nitrogens is 2. The van der Waals surface area contributed by atoms with Gasteiger partial charge in [0.15, 0.2) is 5.82 Å². The van der Waals surface area contributed by atoms with Crippen LogP contribution in [0.15, 0.2) is 45.5 Å². The van der Waals surface area contributed by atoms with Gasteiger partial charge in [-0.15, -0.1) is 0 Å². The Labute approximate surface area is 118 Å². The van der Waals surface area contributed by atoms with Crippen molar-refractivity contribution in [3.8, 4) is 22.4 Å². The van der Waals surface area contributed by atoms with Crippen molar-refractivity contribution in [3.63, 3.8) is 0 Å². The molecule has 3 aromatic rings. The fourth-order valence-electron chi connectivity index (χ4n) is 2.08. The van der Waals surface area contributed by atoms with Crippen molar-refractivity contribution in [2.75, 3.05) is 5.73 Å². The van der Waals surface area contributed by atoms with Gasteiger partial charge in [0.1, 0.15) is 12.0 Å². The Morgan fingerprint density at radius 3 is 2.79 bits per heavy atom. The Kier molecular flexibility index (Phi) is 2.91. The number of furan rings is 1. The molecular weight excluding hydrogens is 306 g/mol. The zero-order valence-corrected chi connectivity index (χ0v) is 11.9. The van der Waals surface area contributed by atoms with Crippen molar-refractivity contribution in [2.24, 2.45) is 0 Å². The first-order valence-corrected chi connectivity index (χ1v) is 6.60. The smallest absolute Gasteiger partial charge is 0.153 e. The third-order valence-electron chi connectivity index (χ3n) is 2.93. The van der Waals surface area contributed by atoms with E-state index < -0.39 is 0 Å². The minimum atomic E-state index is 0.479. The molecular formula is C14H12BrN3O. The number of nitrogens with one attached hydrogen (secondary N) is 1. The van der Waals surface area contributed by atoms with Crippen molar-refractivity contribution in [1.29, 1.82) is 0 Å². The summed E-state index contributed by atoms with van der Waals surface area (Å²) in [6.45, 7) is 1.90. The highest BCUT2D eigenvalue weighted by atomic mass is 79.9. The lowest BCUT2D eigenvalue weighted by Gasteiger charge is -2.03. The second-order valence-electron chi connectivity index (χ2n) is 4.32. The Bertz CT molecular complexity index is 730. The molecule has 0 radical (unpaired) electrons. The summed E-state index contributed by atoms with van der Waals surface area (Å²) in [5.74, 6) is 1.33. The molecule has 0 amide bonds. The topological polar surface area (TPSA) is 67.8 Å². The highest BCUT2D eigenvalue weighted by molar-refractivity contribution is 9.10. The lowest BCUT2D eigenvalue weighted by atomic mass is 10.0. The van der Waals surface area contributed by atoms with E-state index >= 15 is 0 Å². The van der Waals surface area contributed by atoms with Crippen molar-refractivity contribution >= 4 is 21.7 Å². The van der Waals surface area contributed by atoms with Crippen LogP contribution in [0.2, 0.25) is 0 Å². The molecule has 0 atom stereocenters. The fraction of sp³-hybridized carbons (Fsp3) is 0.0714. The summed E-state index contributed by atoms with van der Waals surface area (Å²) in [6, 6.07) is 9.91. The minimum absolute atomic E-state index is 0.479. The summed E-state index contributed by atoms with van der Waals surface area (Å²) in [5.41, 5.74) is 9.69. The summed E-state index contributed by atoms with van der Waals surface area (Å²) >= 11 is 3.47. The number of hydrogen-bond acceptors (Lipinski definition) is 3. The average molecular weight is 318 g/mol. The predicted octanol–water partition coefficient (Wildman–Crippen LogP) is 3.99. The van der Waals surface area contributed by atoms with Crippen LogP contribution in [0.4, 0.5) is 5.82 Å². The van der Waals surface area contributed by atoms with Gasteiger partial charge in [0, 0.05) is 10.0 Å². The van der Waals surface area contributed by atoms with E-state index in [4.69, 9.17) is 10.2 Å². The molecule has 0 aliphatic heterocycles. The number of anilines is 1. The highest BCUT2D eigenvalue weighted by Gasteiger charge is 2.16. The van der Waals surface area contributed by atoms with Gasteiger partial charge in [-0.05, 0) is 30.7 Å². The molecule has 5 heteroatoms. The van der Waals surface area contributed by atoms with Gasteiger partial charge in [0.2, 0.25) is 0 Å². The van der Waals surface area contributed by atoms with E-state index in [0.717, 1.165) is 32.6 Å². The molecule has 0 bridgehead atoms. The van der Waals surface area contributed by atoms with Crippen molar-refractivity contribution in [3.05, 3.63) is 46.8 Å². The summed E-state index contributed by atoms with van der Waals surface area (Å²) in [6.07, 6.45) is 1.70. The summed E-state index contributed by atoms with van der Waals surface area (Å²) < 4.78 is 6.34. The first-order chi connectivity index (χ1) is 9.15. The van der Waals surface area contributed by atoms with E-state index in [-0.39, 0.29) is 0 Å². The van der Waals surface area contributed by atoms with Crippen LogP contribution in [-0.4, -0.2) is 10.2 Å². The number of nitrogen functional groups attached to an aromatic ring is 1. The first kappa shape index (κ1) is 12.0. The fourth-order valence-corrected chi connectivity index (χ4v) is 2.47. The van der Waals surface area contributed by atoms with E-state index in [2.05, 4.69) is 26.1 Å². The molecule has 0 aliphatic carbocycles. The van der Waals surface area contributed by atoms with Crippen LogP contribution in [0.1, 0.15) is 5.76 Å². The van der Waals surface area contributed by atoms with Gasteiger partial charge in [-0.1, -0.05) is 28.1 Å². The number of aryl methyl sites for hydroxylation is 1. The second kappa shape index (κ2) is 4.59. The molecule has 1 aromatic carbocycles. The predicted molar refractivity (Wildman–Crippen MR) is 78.6 cm³/mol. The van der Waals surface area contributed by atoms with E-state index in [1.54, 1.807) is 6.26 Å². The minimum Gasteiger partial charge on any atom is -0.469 e. The number of nitrogens with two attached hydrogens (primary N) is 1. The summed E-state index contributed by atoms with van der Waals surface area (Å²) in [4.78, 5) is 0. The van der Waals surface area contributed by atoms with Gasteiger partial charge < -0.3 is 10.2 Å². The van der Waals surface area contributed by atoms with Crippen LogP contribution >= 0.6 is 15.9 Å². The van der Waals surface area contributed by atoms with Gasteiger partial charge in [-0.2, -0.15) is 5.10 Å². The molecule has 0 unspecified atom stereocenters. The van der Waals surface area contributed by atoms with Crippen LogP contribution in [0, 0.1) is 6.92 Å². The van der Waals surface area contributed by atoms with Gasteiger partial charge in [-0.25, -0.2) is 0 Å². The SMILES string of the molecule is Cc1cc(-c2[nH]nc(N)c2-c2cccc(Br)c2)co1. The maximum atomic E-state index is 5.98. The molecule has 0 saturated heterocycles. The van der Waals surface area contributed by atoms with Gasteiger partial charge in [0.05, 0.1) is 11.3 Å². The lowest BCUT2D eigenvalue weighted by molar-refractivity contribution is 0.535. The standard InChI is InChI=1S/C14H12BrN3O/c1-8-5-10(7-19-8)13-12(14(16)18-17-13)9-3-2-4-11(15)6-9/h2-7H,1H3,(H3,16,17,18). The zero-order chi connectivity index (χ0) is 13.4. The molecule has 0 aliphatic rings. The summed E-state index contributed by atoms with van der Waals surface area (Å²) in [7, 11) is 0. The number of halogens is 1. The third kappa shape index (κ3) is 2.17. The van der Waals surface area contributed by atoms with Gasteiger partial charge >= 0.3 is 0 Å². The van der Waals surface area contributed by atoms with Crippen LogP contribution in [0.5, 0.6) is 0 Å². The number of rotatable bonds is 2. The number of benzene rings is 1. The quantitative estimate of drug-likeness (QED) is 0.751. The molecule has 19 heavy (non-hydrogen) atoms. The molecule has 0 spiro atoms. The lowest BCUT2D eigenvalue weighted by Crippen LogP contribution is -1.88. The third-order valence-corrected chi connectivity index (χ3v) is 3.42. The number of H-pyrrole nitrogens is 1. The Morgan fingerprint density at radius 1 is 1.26 bits per heavy atom. The van der Waals surface area contributed by atoms with E-state index in [1.807, 2.05) is 37.3 Å². The molecule has 3 rings (SSSR count). The number of hydrogen-bond donors (Lipinski definition) is 2. The molecule has 96 valence electrons. The number of nitrogens with zero attached hydrogens (tertiary/aromatic N) is 1. The molecule has 2 heterocycles. The van der Waals surface area contributed by atoms with E-state index in [1.165, 1.54) is 0 Å². The molecule has 0 fully saturated rings. The molecule has 2 aromatic heterocycles. The molecule has 4 nitrogen and oxygen atoms in total. The first-order valence-electron chi connectivity index (χ1n) is 5.80. The van der Waals surface area contributed by atoms with Gasteiger partial charge in [-0.3, -0.25) is 5.10 Å². The van der Waals surface area contributed by atoms with Crippen LogP contribution in [-0.2, 0) is 0 Å². The normalized spacial score (nSPS) is 10.8.